The minimum atomic E-state index is -1.51. The van der Waals surface area contributed by atoms with Gasteiger partial charge < -0.3 is 47.5 Å². The molecule has 0 spiro atoms. The van der Waals surface area contributed by atoms with Gasteiger partial charge in [-0.3, -0.25) is 24.0 Å². The highest BCUT2D eigenvalue weighted by atomic mass is 16.6. The molecule has 0 aromatic heterocycles. The van der Waals surface area contributed by atoms with E-state index in [1.807, 2.05) is 20.8 Å². The van der Waals surface area contributed by atoms with Crippen LogP contribution in [0.2, 0.25) is 0 Å². The van der Waals surface area contributed by atoms with Crippen molar-refractivity contribution in [2.24, 2.45) is 29.2 Å². The molecule has 304 valence electrons. The van der Waals surface area contributed by atoms with Crippen molar-refractivity contribution in [2.75, 3.05) is 6.54 Å². The zero-order valence-corrected chi connectivity index (χ0v) is 33.3. The highest BCUT2D eigenvalue weighted by molar-refractivity contribution is 5.97. The SMILES string of the molecule is CC[C@H](C)[C@H](NC(=O)[C@H](CCCCN)NC(=O)[C@H](CC(N)=O)NC(=O)[C@H](CC(C)C)NC(=O)OC(C)(C)C)C(=O)N[C@H](C(=O)Oc1ccccc1)C(C)C. The molecule has 0 aliphatic rings. The van der Waals surface area contributed by atoms with E-state index in [1.165, 1.54) is 0 Å². The maximum Gasteiger partial charge on any atom is 0.408 e. The first-order valence-corrected chi connectivity index (χ1v) is 18.6. The number of esters is 1. The van der Waals surface area contributed by atoms with Gasteiger partial charge in [-0.15, -0.1) is 0 Å². The largest absolute Gasteiger partial charge is 0.444 e. The van der Waals surface area contributed by atoms with Gasteiger partial charge in [-0.05, 0) is 82.9 Å². The lowest BCUT2D eigenvalue weighted by Gasteiger charge is -2.30. The number of hydrogen-bond donors (Lipinski definition) is 7. The molecule has 0 unspecified atom stereocenters. The number of carbonyl (C=O) groups is 7. The van der Waals surface area contributed by atoms with E-state index in [-0.39, 0.29) is 24.7 Å². The van der Waals surface area contributed by atoms with Crippen molar-refractivity contribution in [3.63, 3.8) is 0 Å². The Bertz CT molecular complexity index is 1400. The summed E-state index contributed by atoms with van der Waals surface area (Å²) in [4.78, 5) is 92.4. The second kappa shape index (κ2) is 23.1. The van der Waals surface area contributed by atoms with E-state index in [0.717, 1.165) is 0 Å². The van der Waals surface area contributed by atoms with Crippen LogP contribution in [0.25, 0.3) is 0 Å². The smallest absolute Gasteiger partial charge is 0.408 e. The predicted octanol–water partition coefficient (Wildman–Crippen LogP) is 2.18. The maximum atomic E-state index is 13.9. The van der Waals surface area contributed by atoms with E-state index >= 15 is 0 Å². The second-order valence-electron chi connectivity index (χ2n) is 15.2. The van der Waals surface area contributed by atoms with Crippen molar-refractivity contribution in [2.45, 2.75) is 137 Å². The molecular formula is C38H63N7O9. The summed E-state index contributed by atoms with van der Waals surface area (Å²) < 4.78 is 10.8. The van der Waals surface area contributed by atoms with Crippen LogP contribution in [0, 0.1) is 17.8 Å². The Balaban J connectivity index is 3.29. The topological polar surface area (TPSA) is 250 Å². The number of ether oxygens (including phenoxy) is 2. The average molecular weight is 762 g/mol. The van der Waals surface area contributed by atoms with E-state index < -0.39 is 89.7 Å². The van der Waals surface area contributed by atoms with Crippen LogP contribution in [0.3, 0.4) is 0 Å². The van der Waals surface area contributed by atoms with E-state index in [2.05, 4.69) is 26.6 Å². The number of primary amides is 1. The lowest BCUT2D eigenvalue weighted by atomic mass is 9.96. The summed E-state index contributed by atoms with van der Waals surface area (Å²) in [5, 5.41) is 13.1. The Kier molecular flexibility index (Phi) is 20.3. The number of carbonyl (C=O) groups excluding carboxylic acids is 7. The van der Waals surface area contributed by atoms with Gasteiger partial charge in [-0.2, -0.15) is 0 Å². The summed E-state index contributed by atoms with van der Waals surface area (Å²) in [6, 6.07) is 2.42. The molecule has 0 saturated heterocycles. The minimum Gasteiger partial charge on any atom is -0.444 e. The Labute approximate surface area is 319 Å². The fourth-order valence-electron chi connectivity index (χ4n) is 5.23. The molecule has 1 aromatic rings. The van der Waals surface area contributed by atoms with E-state index in [4.69, 9.17) is 20.9 Å². The van der Waals surface area contributed by atoms with Crippen molar-refractivity contribution in [1.29, 1.82) is 0 Å². The van der Waals surface area contributed by atoms with Gasteiger partial charge >= 0.3 is 12.1 Å². The van der Waals surface area contributed by atoms with Crippen LogP contribution in [0.15, 0.2) is 30.3 Å². The van der Waals surface area contributed by atoms with Crippen LogP contribution in [-0.2, 0) is 33.5 Å². The van der Waals surface area contributed by atoms with Gasteiger partial charge in [0.25, 0.3) is 0 Å². The molecule has 16 heteroatoms. The van der Waals surface area contributed by atoms with Gasteiger partial charge in [0, 0.05) is 0 Å². The first kappa shape index (κ1) is 47.3. The van der Waals surface area contributed by atoms with Gasteiger partial charge in [0.2, 0.25) is 29.5 Å². The Morgan fingerprint density at radius 3 is 1.80 bits per heavy atom. The standard InChI is InChI=1S/C38H63N7O9/c1-10-24(6)31(35(50)44-30(23(4)5)36(51)53-25-16-12-11-13-17-25)45-32(47)26(18-14-15-19-39)41-34(49)28(21-29(40)46)42-33(48)27(20-22(2)3)43-37(52)54-38(7,8)9/h11-13,16-17,22-24,26-28,30-31H,10,14-15,18-21,39H2,1-9H3,(H2,40,46)(H,41,49)(H,42,48)(H,43,52)(H,44,50)(H,45,47)/t24-,26-,27-,28-,30-,31-/m0/s1. The maximum absolute atomic E-state index is 13.9. The number of para-hydroxylation sites is 1. The van der Waals surface area contributed by atoms with Crippen LogP contribution in [0.4, 0.5) is 4.79 Å². The molecule has 16 nitrogen and oxygen atoms in total. The molecule has 0 radical (unpaired) electrons. The van der Waals surface area contributed by atoms with Crippen LogP contribution in [0.1, 0.15) is 101 Å². The van der Waals surface area contributed by atoms with E-state index in [9.17, 15) is 33.6 Å². The van der Waals surface area contributed by atoms with Crippen molar-refractivity contribution in [1.82, 2.24) is 26.6 Å². The van der Waals surface area contributed by atoms with Crippen LogP contribution >= 0.6 is 0 Å². The molecule has 0 bridgehead atoms. The number of alkyl carbamates (subject to hydrolysis) is 1. The first-order chi connectivity index (χ1) is 25.2. The fourth-order valence-corrected chi connectivity index (χ4v) is 5.23. The molecule has 1 aromatic carbocycles. The Morgan fingerprint density at radius 1 is 0.722 bits per heavy atom. The molecule has 0 aliphatic carbocycles. The van der Waals surface area contributed by atoms with Gasteiger partial charge in [0.1, 0.15) is 41.6 Å². The van der Waals surface area contributed by atoms with E-state index in [1.54, 1.807) is 71.9 Å². The predicted molar refractivity (Wildman–Crippen MR) is 203 cm³/mol. The number of amides is 6. The van der Waals surface area contributed by atoms with Crippen molar-refractivity contribution in [3.05, 3.63) is 30.3 Å². The average Bonchev–Trinajstić information content (AvgIpc) is 3.06. The monoisotopic (exact) mass is 761 g/mol. The molecule has 9 N–H and O–H groups in total. The highest BCUT2D eigenvalue weighted by Crippen LogP contribution is 2.15. The number of unbranched alkanes of at least 4 members (excludes halogenated alkanes) is 1. The number of benzene rings is 1. The molecule has 0 fully saturated rings. The van der Waals surface area contributed by atoms with Crippen molar-refractivity contribution in [3.8, 4) is 5.75 Å². The third-order valence-corrected chi connectivity index (χ3v) is 8.31. The molecule has 1 rings (SSSR count). The summed E-state index contributed by atoms with van der Waals surface area (Å²) in [7, 11) is 0. The second-order valence-corrected chi connectivity index (χ2v) is 15.2. The summed E-state index contributed by atoms with van der Waals surface area (Å²) in [6.07, 6.45) is 0.245. The van der Waals surface area contributed by atoms with E-state index in [0.29, 0.717) is 31.6 Å². The molecule has 0 saturated carbocycles. The van der Waals surface area contributed by atoms with Gasteiger partial charge in [-0.25, -0.2) is 9.59 Å². The molecule has 0 aliphatic heterocycles. The summed E-state index contributed by atoms with van der Waals surface area (Å²) in [5.74, 6) is -5.07. The van der Waals surface area contributed by atoms with Crippen molar-refractivity contribution >= 4 is 41.6 Å². The quantitative estimate of drug-likeness (QED) is 0.0515. The summed E-state index contributed by atoms with van der Waals surface area (Å²) >= 11 is 0. The molecule has 0 heterocycles. The first-order valence-electron chi connectivity index (χ1n) is 18.6. The van der Waals surface area contributed by atoms with Crippen LogP contribution in [0.5, 0.6) is 5.75 Å². The normalized spacial score (nSPS) is 14.7. The number of nitrogens with two attached hydrogens (primary N) is 2. The Morgan fingerprint density at radius 2 is 1.28 bits per heavy atom. The molecule has 6 atom stereocenters. The fraction of sp³-hybridized carbons (Fsp3) is 0.658. The lowest BCUT2D eigenvalue weighted by Crippen LogP contribution is -2.60. The Hall–Kier alpha value is -4.73. The molecule has 54 heavy (non-hydrogen) atoms. The summed E-state index contributed by atoms with van der Waals surface area (Å²) in [5.41, 5.74) is 10.3. The van der Waals surface area contributed by atoms with Gasteiger partial charge in [0.15, 0.2) is 0 Å². The van der Waals surface area contributed by atoms with Crippen LogP contribution < -0.4 is 42.8 Å². The number of nitrogens with one attached hydrogen (secondary N) is 5. The zero-order valence-electron chi connectivity index (χ0n) is 33.3. The highest BCUT2D eigenvalue weighted by Gasteiger charge is 2.36. The van der Waals surface area contributed by atoms with Crippen LogP contribution in [-0.4, -0.2) is 84.0 Å². The number of rotatable bonds is 22. The minimum absolute atomic E-state index is 0.0595. The summed E-state index contributed by atoms with van der Waals surface area (Å²) in [6.45, 7) is 16.1. The zero-order chi connectivity index (χ0) is 41.2. The van der Waals surface area contributed by atoms with Gasteiger partial charge in [0.05, 0.1) is 6.42 Å². The third kappa shape index (κ3) is 17.9. The lowest BCUT2D eigenvalue weighted by molar-refractivity contribution is -0.141. The molecule has 6 amide bonds. The van der Waals surface area contributed by atoms with Gasteiger partial charge in [-0.1, -0.05) is 66.2 Å². The van der Waals surface area contributed by atoms with Crippen molar-refractivity contribution < 1.29 is 43.0 Å². The third-order valence-electron chi connectivity index (χ3n) is 8.31. The molecular weight excluding hydrogens is 698 g/mol. The number of hydrogen-bond acceptors (Lipinski definition) is 10.